The Morgan fingerprint density at radius 3 is 3.00 bits per heavy atom. The first-order valence-electron chi connectivity index (χ1n) is 7.98. The molecule has 0 radical (unpaired) electrons. The molecule has 1 fully saturated rings. The molecule has 1 aromatic carbocycles. The van der Waals surface area contributed by atoms with Crippen molar-refractivity contribution in [2.24, 2.45) is 0 Å². The Balaban J connectivity index is 1.51. The Bertz CT molecular complexity index is 859. The molecule has 0 aliphatic carbocycles. The van der Waals surface area contributed by atoms with Crippen molar-refractivity contribution in [2.75, 3.05) is 6.54 Å². The summed E-state index contributed by atoms with van der Waals surface area (Å²) < 4.78 is 15.1. The molecule has 3 heterocycles. The number of rotatable bonds is 4. The zero-order valence-electron chi connectivity index (χ0n) is 13.0. The van der Waals surface area contributed by atoms with Crippen LogP contribution in [-0.4, -0.2) is 42.1 Å². The van der Waals surface area contributed by atoms with Crippen molar-refractivity contribution in [3.63, 3.8) is 0 Å². The van der Waals surface area contributed by atoms with Crippen LogP contribution in [0.25, 0.3) is 11.0 Å². The molecule has 1 atom stereocenters. The number of benzene rings is 1. The lowest BCUT2D eigenvalue weighted by Gasteiger charge is -2.23. The molecule has 3 aromatic rings. The van der Waals surface area contributed by atoms with Crippen LogP contribution >= 0.6 is 0 Å². The highest BCUT2D eigenvalue weighted by Crippen LogP contribution is 2.32. The Morgan fingerprint density at radius 2 is 2.17 bits per heavy atom. The number of nitrogens with one attached hydrogen (secondary N) is 1. The quantitative estimate of drug-likeness (QED) is 0.795. The van der Waals surface area contributed by atoms with Gasteiger partial charge in [0, 0.05) is 19.5 Å². The number of aromatic amines is 1. The van der Waals surface area contributed by atoms with E-state index in [1.54, 1.807) is 23.3 Å². The van der Waals surface area contributed by atoms with Crippen molar-refractivity contribution in [2.45, 2.75) is 31.8 Å². The molecule has 7 nitrogen and oxygen atoms in total. The highest BCUT2D eigenvalue weighted by Gasteiger charge is 2.31. The number of aromatic nitrogens is 5. The van der Waals surface area contributed by atoms with Gasteiger partial charge in [-0.2, -0.15) is 0 Å². The first kappa shape index (κ1) is 14.8. The van der Waals surface area contributed by atoms with Crippen LogP contribution in [0.1, 0.15) is 31.1 Å². The van der Waals surface area contributed by atoms with Crippen molar-refractivity contribution in [3.05, 3.63) is 42.5 Å². The molecule has 1 unspecified atom stereocenters. The van der Waals surface area contributed by atoms with E-state index < -0.39 is 0 Å². The number of H-pyrrole nitrogens is 1. The van der Waals surface area contributed by atoms with Gasteiger partial charge < -0.3 is 14.5 Å². The molecule has 2 aromatic heterocycles. The average molecular weight is 328 g/mol. The lowest BCUT2D eigenvalue weighted by molar-refractivity contribution is -0.132. The lowest BCUT2D eigenvalue weighted by Crippen LogP contribution is -2.31. The summed E-state index contributed by atoms with van der Waals surface area (Å²) in [5, 5.41) is 7.47. The summed E-state index contributed by atoms with van der Waals surface area (Å²) in [6, 6.07) is 4.40. The first-order valence-corrected chi connectivity index (χ1v) is 7.98. The second-order valence-corrected chi connectivity index (χ2v) is 5.98. The van der Waals surface area contributed by atoms with Gasteiger partial charge in [-0.1, -0.05) is 0 Å². The number of carbonyl (C=O) groups is 1. The van der Waals surface area contributed by atoms with E-state index in [1.807, 2.05) is 4.90 Å². The van der Waals surface area contributed by atoms with Crippen molar-refractivity contribution < 1.29 is 9.18 Å². The van der Waals surface area contributed by atoms with Crippen LogP contribution in [0.15, 0.2) is 30.9 Å². The monoisotopic (exact) mass is 328 g/mol. The number of carbonyl (C=O) groups excluding carboxylic acids is 1. The van der Waals surface area contributed by atoms with Gasteiger partial charge in [0.2, 0.25) is 5.91 Å². The van der Waals surface area contributed by atoms with Gasteiger partial charge in [-0.3, -0.25) is 4.79 Å². The predicted molar refractivity (Wildman–Crippen MR) is 84.4 cm³/mol. The highest BCUT2D eigenvalue weighted by molar-refractivity contribution is 5.78. The fraction of sp³-hybridized carbons (Fsp3) is 0.375. The molecule has 0 saturated carbocycles. The van der Waals surface area contributed by atoms with E-state index in [0.29, 0.717) is 18.5 Å². The summed E-state index contributed by atoms with van der Waals surface area (Å²) in [6.07, 6.45) is 5.39. The summed E-state index contributed by atoms with van der Waals surface area (Å²) in [4.78, 5) is 22.1. The predicted octanol–water partition coefficient (Wildman–Crippen LogP) is 2.05. The van der Waals surface area contributed by atoms with E-state index in [9.17, 15) is 9.18 Å². The second-order valence-electron chi connectivity index (χ2n) is 5.98. The Kier molecular flexibility index (Phi) is 3.72. The summed E-state index contributed by atoms with van der Waals surface area (Å²) in [7, 11) is 0. The van der Waals surface area contributed by atoms with Crippen LogP contribution in [0.2, 0.25) is 0 Å². The maximum atomic E-state index is 13.3. The second kappa shape index (κ2) is 6.03. The lowest BCUT2D eigenvalue weighted by atomic mass is 10.2. The van der Waals surface area contributed by atoms with Crippen LogP contribution in [-0.2, 0) is 11.3 Å². The number of nitrogens with zero attached hydrogens (tertiary/aromatic N) is 5. The van der Waals surface area contributed by atoms with E-state index in [0.717, 1.165) is 30.7 Å². The Hall–Kier alpha value is -2.77. The van der Waals surface area contributed by atoms with Crippen molar-refractivity contribution in [1.82, 2.24) is 29.6 Å². The number of hydrogen-bond donors (Lipinski definition) is 1. The number of hydrogen-bond acceptors (Lipinski definition) is 4. The third-order valence-electron chi connectivity index (χ3n) is 4.40. The molecule has 8 heteroatoms. The number of aryl methyl sites for hydroxylation is 1. The number of likely N-dealkylation sites (tertiary alicyclic amines) is 1. The normalized spacial score (nSPS) is 17.7. The van der Waals surface area contributed by atoms with Gasteiger partial charge >= 0.3 is 0 Å². The number of halogens is 1. The Labute approximate surface area is 137 Å². The number of amides is 1. The third kappa shape index (κ3) is 2.75. The SMILES string of the molecule is O=C(CCn1cnnc1)N1CCCC1c1nc2ccc(F)cc2[nH]1. The van der Waals surface area contributed by atoms with Gasteiger partial charge in [0.05, 0.1) is 17.1 Å². The fourth-order valence-electron chi connectivity index (χ4n) is 3.21. The standard InChI is InChI=1S/C16H17FN6O/c17-11-3-4-12-13(8-11)21-16(20-12)14-2-1-6-23(14)15(24)5-7-22-9-18-19-10-22/h3-4,8-10,14H,1-2,5-7H2,(H,20,21). The highest BCUT2D eigenvalue weighted by atomic mass is 19.1. The number of imidazole rings is 1. The van der Waals surface area contributed by atoms with Gasteiger partial charge in [-0.05, 0) is 31.0 Å². The summed E-state index contributed by atoms with van der Waals surface area (Å²) in [5.41, 5.74) is 1.38. The number of fused-ring (bicyclic) bond motifs is 1. The molecule has 1 aliphatic heterocycles. The molecule has 1 saturated heterocycles. The van der Waals surface area contributed by atoms with Crippen LogP contribution in [0.4, 0.5) is 4.39 Å². The van der Waals surface area contributed by atoms with Crippen LogP contribution in [0, 0.1) is 5.82 Å². The topological polar surface area (TPSA) is 79.7 Å². The minimum Gasteiger partial charge on any atom is -0.340 e. The molecule has 4 rings (SSSR count). The minimum absolute atomic E-state index is 0.0751. The molecule has 24 heavy (non-hydrogen) atoms. The van der Waals surface area contributed by atoms with E-state index in [-0.39, 0.29) is 17.8 Å². The van der Waals surface area contributed by atoms with Crippen LogP contribution in [0.3, 0.4) is 0 Å². The van der Waals surface area contributed by atoms with Gasteiger partial charge in [-0.25, -0.2) is 9.37 Å². The molecule has 0 bridgehead atoms. The molecular weight excluding hydrogens is 311 g/mol. The molecule has 1 aliphatic rings. The summed E-state index contributed by atoms with van der Waals surface area (Å²) in [5.74, 6) is 0.509. The molecule has 124 valence electrons. The zero-order chi connectivity index (χ0) is 16.5. The molecule has 1 N–H and O–H groups in total. The Morgan fingerprint density at radius 1 is 1.33 bits per heavy atom. The van der Waals surface area contributed by atoms with Crippen molar-refractivity contribution >= 4 is 16.9 Å². The van der Waals surface area contributed by atoms with Gasteiger partial charge in [-0.15, -0.1) is 10.2 Å². The summed E-state index contributed by atoms with van der Waals surface area (Å²) in [6.45, 7) is 1.28. The van der Waals surface area contributed by atoms with Gasteiger partial charge in [0.15, 0.2) is 0 Å². The van der Waals surface area contributed by atoms with E-state index >= 15 is 0 Å². The average Bonchev–Trinajstić information content (AvgIpc) is 3.30. The molecule has 0 spiro atoms. The summed E-state index contributed by atoms with van der Waals surface area (Å²) >= 11 is 0. The minimum atomic E-state index is -0.300. The molecule has 1 amide bonds. The molecular formula is C16H17FN6O. The zero-order valence-corrected chi connectivity index (χ0v) is 13.0. The van der Waals surface area contributed by atoms with Crippen molar-refractivity contribution in [1.29, 1.82) is 0 Å². The maximum Gasteiger partial charge on any atom is 0.224 e. The maximum absolute atomic E-state index is 13.3. The van der Waals surface area contributed by atoms with E-state index in [2.05, 4.69) is 20.2 Å². The fourth-order valence-corrected chi connectivity index (χ4v) is 3.21. The van der Waals surface area contributed by atoms with Crippen LogP contribution < -0.4 is 0 Å². The van der Waals surface area contributed by atoms with E-state index in [4.69, 9.17) is 0 Å². The van der Waals surface area contributed by atoms with Gasteiger partial charge in [0.1, 0.15) is 24.3 Å². The largest absolute Gasteiger partial charge is 0.340 e. The van der Waals surface area contributed by atoms with E-state index in [1.165, 1.54) is 12.1 Å². The van der Waals surface area contributed by atoms with Gasteiger partial charge in [0.25, 0.3) is 0 Å². The third-order valence-corrected chi connectivity index (χ3v) is 4.40. The van der Waals surface area contributed by atoms with Crippen LogP contribution in [0.5, 0.6) is 0 Å². The smallest absolute Gasteiger partial charge is 0.224 e. The first-order chi connectivity index (χ1) is 11.7. The van der Waals surface area contributed by atoms with Crippen molar-refractivity contribution in [3.8, 4) is 0 Å².